The molecule has 0 bridgehead atoms. The number of esters is 2. The second-order valence-electron chi connectivity index (χ2n) is 12.4. The van der Waals surface area contributed by atoms with E-state index in [9.17, 15) is 14.4 Å². The number of amides is 1. The molecule has 2 fully saturated rings. The van der Waals surface area contributed by atoms with Crippen molar-refractivity contribution in [2.45, 2.75) is 105 Å². The van der Waals surface area contributed by atoms with Gasteiger partial charge in [-0.2, -0.15) is 0 Å². The van der Waals surface area contributed by atoms with E-state index in [2.05, 4.69) is 0 Å². The van der Waals surface area contributed by atoms with Crippen LogP contribution < -0.4 is 0 Å². The number of carbonyl (C=O) groups is 3. The topological polar surface area (TPSA) is 91.4 Å². The van der Waals surface area contributed by atoms with Gasteiger partial charge in [-0.25, -0.2) is 9.59 Å². The molecule has 1 amide bonds. The molecule has 0 saturated carbocycles. The smallest absolute Gasteiger partial charge is 0.332 e. The van der Waals surface area contributed by atoms with E-state index in [0.717, 1.165) is 24.0 Å². The molecule has 2 heterocycles. The van der Waals surface area contributed by atoms with Gasteiger partial charge in [0.05, 0.1) is 18.8 Å². The summed E-state index contributed by atoms with van der Waals surface area (Å²) in [5, 5.41) is 0. The summed E-state index contributed by atoms with van der Waals surface area (Å²) < 4.78 is 23.3. The van der Waals surface area contributed by atoms with Gasteiger partial charge in [-0.15, -0.1) is 0 Å². The molecule has 2 aliphatic rings. The third-order valence-electron chi connectivity index (χ3n) is 7.16. The second-order valence-corrected chi connectivity index (χ2v) is 12.4. The van der Waals surface area contributed by atoms with Gasteiger partial charge in [-0.3, -0.25) is 4.79 Å². The predicted octanol–water partition coefficient (Wildman–Crippen LogP) is 4.77. The van der Waals surface area contributed by atoms with Gasteiger partial charge in [0.15, 0.2) is 0 Å². The van der Waals surface area contributed by atoms with Crippen LogP contribution in [0.1, 0.15) is 84.9 Å². The third-order valence-corrected chi connectivity index (χ3v) is 7.16. The average molecular weight is 532 g/mol. The molecule has 2 saturated heterocycles. The zero-order valence-electron chi connectivity index (χ0n) is 24.2. The lowest BCUT2D eigenvalue weighted by atomic mass is 9.73. The van der Waals surface area contributed by atoms with Gasteiger partial charge in [0.25, 0.3) is 5.91 Å². The Morgan fingerprint density at radius 2 is 1.74 bits per heavy atom. The van der Waals surface area contributed by atoms with Crippen LogP contribution in [-0.4, -0.2) is 66.4 Å². The van der Waals surface area contributed by atoms with Crippen LogP contribution in [-0.2, 0) is 33.3 Å². The fraction of sp³-hybridized carbons (Fsp3) is 0.700. The zero-order valence-corrected chi connectivity index (χ0v) is 24.2. The number of ether oxygens (including phenoxy) is 4. The first kappa shape index (κ1) is 30.1. The minimum atomic E-state index is -0.902. The lowest BCUT2D eigenvalue weighted by Crippen LogP contribution is -2.51. The number of hydrogen-bond donors (Lipinski definition) is 0. The molecule has 38 heavy (non-hydrogen) atoms. The zero-order chi connectivity index (χ0) is 28.3. The Hall–Kier alpha value is -2.45. The first-order chi connectivity index (χ1) is 17.8. The van der Waals surface area contributed by atoms with Crippen molar-refractivity contribution >= 4 is 17.8 Å². The monoisotopic (exact) mass is 531 g/mol. The van der Waals surface area contributed by atoms with E-state index in [1.807, 2.05) is 52.0 Å². The summed E-state index contributed by atoms with van der Waals surface area (Å²) in [6, 6.07) is 6.27. The molecule has 0 N–H and O–H groups in total. The van der Waals surface area contributed by atoms with Crippen molar-refractivity contribution in [3.05, 3.63) is 35.4 Å². The van der Waals surface area contributed by atoms with Gasteiger partial charge in [0.2, 0.25) is 0 Å². The number of benzene rings is 1. The number of hydrogen-bond acceptors (Lipinski definition) is 7. The summed E-state index contributed by atoms with van der Waals surface area (Å²) in [6.45, 7) is 15.6. The highest BCUT2D eigenvalue weighted by Crippen LogP contribution is 2.50. The largest absolute Gasteiger partial charge is 0.464 e. The van der Waals surface area contributed by atoms with Gasteiger partial charge in [-0.05, 0) is 70.4 Å². The van der Waals surface area contributed by atoms with Gasteiger partial charge in [-0.1, -0.05) is 45.0 Å². The van der Waals surface area contributed by atoms with Crippen LogP contribution in [0.25, 0.3) is 0 Å². The quantitative estimate of drug-likeness (QED) is 0.468. The molecule has 8 heteroatoms. The molecule has 2 aliphatic heterocycles. The summed E-state index contributed by atoms with van der Waals surface area (Å²) in [4.78, 5) is 42.2. The van der Waals surface area contributed by atoms with Crippen LogP contribution in [0.2, 0.25) is 0 Å². The minimum Gasteiger partial charge on any atom is -0.464 e. The van der Waals surface area contributed by atoms with Crippen LogP contribution in [0.3, 0.4) is 0 Å². The molecular formula is C30H45NO7. The van der Waals surface area contributed by atoms with E-state index < -0.39 is 53.2 Å². The average Bonchev–Trinajstić information content (AvgIpc) is 3.18. The highest BCUT2D eigenvalue weighted by Gasteiger charge is 2.60. The van der Waals surface area contributed by atoms with Crippen molar-refractivity contribution in [2.24, 2.45) is 11.3 Å². The van der Waals surface area contributed by atoms with Crippen LogP contribution in [0, 0.1) is 18.3 Å². The SMILES string of the molecule is CCOC(=O)[C@@H]1[C@@H](C(C)(C)C)[C@H](OCC(=O)OC(C)(C)C)[C@H](c2ccccc2C)N1C(=O)C1CCCCO1. The fourth-order valence-corrected chi connectivity index (χ4v) is 5.69. The normalized spacial score (nSPS) is 26.2. The molecule has 3 rings (SSSR count). The molecule has 1 aromatic carbocycles. The van der Waals surface area contributed by atoms with Crippen LogP contribution >= 0.6 is 0 Å². The first-order valence-corrected chi connectivity index (χ1v) is 13.8. The maximum Gasteiger partial charge on any atom is 0.332 e. The van der Waals surface area contributed by atoms with Crippen molar-refractivity contribution in [2.75, 3.05) is 19.8 Å². The lowest BCUT2D eigenvalue weighted by Gasteiger charge is -2.36. The number of rotatable bonds is 7. The maximum atomic E-state index is 14.2. The Morgan fingerprint density at radius 1 is 1.05 bits per heavy atom. The predicted molar refractivity (Wildman–Crippen MR) is 143 cm³/mol. The van der Waals surface area contributed by atoms with Gasteiger partial charge in [0.1, 0.15) is 24.4 Å². The van der Waals surface area contributed by atoms with Crippen molar-refractivity contribution in [1.29, 1.82) is 0 Å². The molecule has 0 aromatic heterocycles. The summed E-state index contributed by atoms with van der Waals surface area (Å²) >= 11 is 0. The Labute approximate surface area is 227 Å². The summed E-state index contributed by atoms with van der Waals surface area (Å²) in [7, 11) is 0. The Kier molecular flexibility index (Phi) is 9.63. The van der Waals surface area contributed by atoms with E-state index in [-0.39, 0.29) is 19.1 Å². The molecule has 0 aliphatic carbocycles. The number of nitrogens with zero attached hydrogens (tertiary/aromatic N) is 1. The van der Waals surface area contributed by atoms with Crippen LogP contribution in [0.5, 0.6) is 0 Å². The summed E-state index contributed by atoms with van der Waals surface area (Å²) in [6.07, 6.45) is 1.07. The molecule has 8 nitrogen and oxygen atoms in total. The molecule has 1 unspecified atom stereocenters. The Balaban J connectivity index is 2.15. The summed E-state index contributed by atoms with van der Waals surface area (Å²) in [5.74, 6) is -1.67. The Bertz CT molecular complexity index is 987. The van der Waals surface area contributed by atoms with Gasteiger partial charge in [0, 0.05) is 12.5 Å². The number of carbonyl (C=O) groups excluding carboxylic acids is 3. The van der Waals surface area contributed by atoms with Gasteiger partial charge >= 0.3 is 11.9 Å². The molecule has 1 aromatic rings. The summed E-state index contributed by atoms with van der Waals surface area (Å²) in [5.41, 5.74) is 0.692. The Morgan fingerprint density at radius 3 is 2.29 bits per heavy atom. The highest BCUT2D eigenvalue weighted by atomic mass is 16.6. The van der Waals surface area contributed by atoms with E-state index in [0.29, 0.717) is 13.0 Å². The van der Waals surface area contributed by atoms with E-state index in [4.69, 9.17) is 18.9 Å². The second kappa shape index (κ2) is 12.2. The van der Waals surface area contributed by atoms with Crippen molar-refractivity contribution < 1.29 is 33.3 Å². The van der Waals surface area contributed by atoms with E-state index in [1.54, 1.807) is 32.6 Å². The van der Waals surface area contributed by atoms with Gasteiger partial charge < -0.3 is 23.8 Å². The van der Waals surface area contributed by atoms with Crippen LogP contribution in [0.15, 0.2) is 24.3 Å². The molecule has 0 radical (unpaired) electrons. The van der Waals surface area contributed by atoms with Crippen molar-refractivity contribution in [3.8, 4) is 0 Å². The number of likely N-dealkylation sites (tertiary alicyclic amines) is 1. The standard InChI is InChI=1S/C30H45NO7/c1-9-35-28(34)25-23(29(3,4)5)26(37-18-22(32)38-30(6,7)8)24(20-15-11-10-14-19(20)2)31(25)27(33)21-16-12-13-17-36-21/h10-11,14-15,21,23-26H,9,12-13,16-18H2,1-8H3/t21?,23-,24+,25+,26+/m1/s1. The van der Waals surface area contributed by atoms with Crippen molar-refractivity contribution in [3.63, 3.8) is 0 Å². The van der Waals surface area contributed by atoms with E-state index >= 15 is 0 Å². The first-order valence-electron chi connectivity index (χ1n) is 13.8. The molecule has 5 atom stereocenters. The maximum absolute atomic E-state index is 14.2. The number of aryl methyl sites for hydroxylation is 1. The fourth-order valence-electron chi connectivity index (χ4n) is 5.69. The minimum absolute atomic E-state index is 0.187. The molecule has 212 valence electrons. The molecular weight excluding hydrogens is 486 g/mol. The van der Waals surface area contributed by atoms with Crippen LogP contribution in [0.4, 0.5) is 0 Å². The highest BCUT2D eigenvalue weighted by molar-refractivity contribution is 5.89. The van der Waals surface area contributed by atoms with Crippen molar-refractivity contribution in [1.82, 2.24) is 4.90 Å². The lowest BCUT2D eigenvalue weighted by molar-refractivity contribution is -0.164. The van der Waals surface area contributed by atoms with E-state index in [1.165, 1.54) is 0 Å². The third kappa shape index (κ3) is 6.94. The molecule has 0 spiro atoms.